The maximum atomic E-state index is 13.0. The molecule has 0 saturated carbocycles. The largest absolute Gasteiger partial charge is 0.416 e. The summed E-state index contributed by atoms with van der Waals surface area (Å²) in [6, 6.07) is 10.0. The number of fused-ring (bicyclic) bond motifs is 1. The maximum Gasteiger partial charge on any atom is 0.416 e. The Labute approximate surface area is 150 Å². The van der Waals surface area contributed by atoms with Gasteiger partial charge in [-0.1, -0.05) is 35.0 Å². The number of alkyl halides is 3. The summed E-state index contributed by atoms with van der Waals surface area (Å²) < 4.78 is 65.1. The first-order valence-corrected chi connectivity index (χ1v) is 9.79. The molecule has 1 aromatic heterocycles. The van der Waals surface area contributed by atoms with E-state index in [0.717, 1.165) is 16.6 Å². The number of hydrogen-bond acceptors (Lipinski definition) is 2. The zero-order valence-electron chi connectivity index (χ0n) is 13.0. The van der Waals surface area contributed by atoms with E-state index in [2.05, 4.69) is 20.9 Å². The van der Waals surface area contributed by atoms with Crippen LogP contribution in [0.25, 0.3) is 22.2 Å². The van der Waals surface area contributed by atoms with E-state index in [1.54, 1.807) is 24.3 Å². The SMILES string of the molecule is CCS(=O)(=O)c1c(-c2cccc(Br)c2)[nH]c2ccc(C(F)(F)F)cc12. The number of nitrogens with one attached hydrogen (secondary N) is 1. The minimum atomic E-state index is -4.55. The van der Waals surface area contributed by atoms with Gasteiger partial charge in [0.15, 0.2) is 9.84 Å². The molecule has 0 bridgehead atoms. The third kappa shape index (κ3) is 3.32. The second-order valence-electron chi connectivity index (χ2n) is 5.50. The van der Waals surface area contributed by atoms with E-state index in [9.17, 15) is 21.6 Å². The highest BCUT2D eigenvalue weighted by Gasteiger charge is 2.32. The van der Waals surface area contributed by atoms with E-state index in [1.807, 2.05) is 0 Å². The number of H-pyrrole nitrogens is 1. The number of aromatic amines is 1. The van der Waals surface area contributed by atoms with Gasteiger partial charge in [-0.2, -0.15) is 13.2 Å². The summed E-state index contributed by atoms with van der Waals surface area (Å²) in [5, 5.41) is 0.0478. The van der Waals surface area contributed by atoms with Crippen LogP contribution in [0.15, 0.2) is 51.8 Å². The Morgan fingerprint density at radius 3 is 2.44 bits per heavy atom. The quantitative estimate of drug-likeness (QED) is 0.602. The molecule has 1 heterocycles. The summed E-state index contributed by atoms with van der Waals surface area (Å²) in [5.74, 6) is -0.211. The van der Waals surface area contributed by atoms with Crippen molar-refractivity contribution in [3.63, 3.8) is 0 Å². The van der Waals surface area contributed by atoms with E-state index in [1.165, 1.54) is 13.0 Å². The monoisotopic (exact) mass is 431 g/mol. The van der Waals surface area contributed by atoms with Crippen LogP contribution in [-0.2, 0) is 16.0 Å². The predicted molar refractivity (Wildman–Crippen MR) is 94.2 cm³/mol. The maximum absolute atomic E-state index is 13.0. The Morgan fingerprint density at radius 1 is 1.12 bits per heavy atom. The van der Waals surface area contributed by atoms with Crippen LogP contribution in [0.1, 0.15) is 12.5 Å². The van der Waals surface area contributed by atoms with E-state index in [0.29, 0.717) is 11.1 Å². The fourth-order valence-electron chi connectivity index (χ4n) is 2.66. The van der Waals surface area contributed by atoms with Crippen molar-refractivity contribution >= 4 is 36.7 Å². The third-order valence-electron chi connectivity index (χ3n) is 3.88. The van der Waals surface area contributed by atoms with Crippen molar-refractivity contribution in [1.29, 1.82) is 0 Å². The van der Waals surface area contributed by atoms with E-state index in [4.69, 9.17) is 0 Å². The van der Waals surface area contributed by atoms with Gasteiger partial charge in [-0.25, -0.2) is 8.42 Å². The summed E-state index contributed by atoms with van der Waals surface area (Å²) in [6.45, 7) is 1.46. The van der Waals surface area contributed by atoms with E-state index in [-0.39, 0.29) is 21.7 Å². The Morgan fingerprint density at radius 2 is 1.84 bits per heavy atom. The minimum absolute atomic E-state index is 0.0478. The third-order valence-corrected chi connectivity index (χ3v) is 6.18. The number of rotatable bonds is 3. The standard InChI is InChI=1S/C17H13BrF3NO2S/c1-2-25(23,24)16-13-9-11(17(19,20)21)6-7-14(13)22-15(16)10-4-3-5-12(18)8-10/h3-9,22H,2H2,1H3. The van der Waals surface area contributed by atoms with Crippen molar-refractivity contribution in [3.8, 4) is 11.3 Å². The van der Waals surface area contributed by atoms with Crippen molar-refractivity contribution in [1.82, 2.24) is 4.98 Å². The molecule has 0 saturated heterocycles. The van der Waals surface area contributed by atoms with Gasteiger partial charge < -0.3 is 4.98 Å². The van der Waals surface area contributed by atoms with Crippen molar-refractivity contribution in [3.05, 3.63) is 52.5 Å². The van der Waals surface area contributed by atoms with Crippen molar-refractivity contribution < 1.29 is 21.6 Å². The lowest BCUT2D eigenvalue weighted by Gasteiger charge is -2.08. The minimum Gasteiger partial charge on any atom is -0.353 e. The molecule has 0 fully saturated rings. The first-order chi connectivity index (χ1) is 11.6. The second kappa shape index (κ2) is 6.17. The average Bonchev–Trinajstić information content (AvgIpc) is 2.93. The topological polar surface area (TPSA) is 49.9 Å². The van der Waals surface area contributed by atoms with Gasteiger partial charge in [0.1, 0.15) is 4.90 Å². The Kier molecular flexibility index (Phi) is 4.45. The van der Waals surface area contributed by atoms with Crippen LogP contribution in [0.4, 0.5) is 13.2 Å². The number of halogens is 4. The molecular formula is C17H13BrF3NO2S. The first kappa shape index (κ1) is 18.0. The molecule has 0 aliphatic carbocycles. The van der Waals surface area contributed by atoms with E-state index >= 15 is 0 Å². The van der Waals surface area contributed by atoms with Gasteiger partial charge in [0.2, 0.25) is 0 Å². The Bertz CT molecular complexity index is 1060. The number of hydrogen-bond donors (Lipinski definition) is 1. The molecule has 0 spiro atoms. The summed E-state index contributed by atoms with van der Waals surface area (Å²) in [7, 11) is -3.75. The highest BCUT2D eigenvalue weighted by atomic mass is 79.9. The van der Waals surface area contributed by atoms with Crippen molar-refractivity contribution in [2.45, 2.75) is 18.0 Å². The zero-order chi connectivity index (χ0) is 18.4. The number of benzene rings is 2. The highest BCUT2D eigenvalue weighted by molar-refractivity contribution is 9.10. The molecule has 25 heavy (non-hydrogen) atoms. The van der Waals surface area contributed by atoms with Crippen LogP contribution in [0, 0.1) is 0 Å². The van der Waals surface area contributed by atoms with Crippen LogP contribution in [0.5, 0.6) is 0 Å². The lowest BCUT2D eigenvalue weighted by Crippen LogP contribution is -2.06. The predicted octanol–water partition coefficient (Wildman–Crippen LogP) is 5.41. The van der Waals surface area contributed by atoms with Gasteiger partial charge in [0, 0.05) is 20.9 Å². The van der Waals surface area contributed by atoms with Crippen molar-refractivity contribution in [2.75, 3.05) is 5.75 Å². The van der Waals surface area contributed by atoms with Crippen LogP contribution in [-0.4, -0.2) is 19.2 Å². The second-order valence-corrected chi connectivity index (χ2v) is 8.63. The molecule has 8 heteroatoms. The summed E-state index contributed by atoms with van der Waals surface area (Å²) in [4.78, 5) is 2.86. The lowest BCUT2D eigenvalue weighted by atomic mass is 10.1. The number of sulfone groups is 1. The van der Waals surface area contributed by atoms with E-state index < -0.39 is 21.6 Å². The van der Waals surface area contributed by atoms with Crippen LogP contribution in [0.2, 0.25) is 0 Å². The van der Waals surface area contributed by atoms with Crippen molar-refractivity contribution in [2.24, 2.45) is 0 Å². The summed E-state index contributed by atoms with van der Waals surface area (Å²) in [5.41, 5.74) is 0.325. The summed E-state index contributed by atoms with van der Waals surface area (Å²) >= 11 is 3.32. The molecule has 0 amide bonds. The van der Waals surface area contributed by atoms with Gasteiger partial charge in [-0.15, -0.1) is 0 Å². The molecule has 0 aliphatic rings. The fourth-order valence-corrected chi connectivity index (χ4v) is 4.33. The Balaban J connectivity index is 2.40. The van der Waals surface area contributed by atoms with Gasteiger partial charge in [-0.05, 0) is 30.3 Å². The summed E-state index contributed by atoms with van der Waals surface area (Å²) in [6.07, 6.45) is -4.55. The fraction of sp³-hybridized carbons (Fsp3) is 0.176. The molecular weight excluding hydrogens is 419 g/mol. The average molecular weight is 432 g/mol. The molecule has 1 N–H and O–H groups in total. The molecule has 0 atom stereocenters. The molecule has 0 aliphatic heterocycles. The molecule has 3 nitrogen and oxygen atoms in total. The zero-order valence-corrected chi connectivity index (χ0v) is 15.4. The molecule has 0 unspecified atom stereocenters. The van der Waals surface area contributed by atoms with Gasteiger partial charge in [-0.3, -0.25) is 0 Å². The highest BCUT2D eigenvalue weighted by Crippen LogP contribution is 2.38. The molecule has 132 valence electrons. The Hall–Kier alpha value is -1.80. The van der Waals surface area contributed by atoms with Crippen LogP contribution < -0.4 is 0 Å². The molecule has 0 radical (unpaired) electrons. The normalized spacial score (nSPS) is 12.7. The first-order valence-electron chi connectivity index (χ1n) is 7.35. The van der Waals surface area contributed by atoms with Gasteiger partial charge >= 0.3 is 6.18 Å². The van der Waals surface area contributed by atoms with Crippen LogP contribution >= 0.6 is 15.9 Å². The molecule has 2 aromatic carbocycles. The molecule has 3 rings (SSSR count). The number of aromatic nitrogens is 1. The smallest absolute Gasteiger partial charge is 0.353 e. The van der Waals surface area contributed by atoms with Gasteiger partial charge in [0.25, 0.3) is 0 Å². The van der Waals surface area contributed by atoms with Crippen LogP contribution in [0.3, 0.4) is 0 Å². The molecule has 3 aromatic rings. The lowest BCUT2D eigenvalue weighted by molar-refractivity contribution is -0.137. The van der Waals surface area contributed by atoms with Gasteiger partial charge in [0.05, 0.1) is 17.0 Å².